The molecule has 1 unspecified atom stereocenters. The third-order valence-corrected chi connectivity index (χ3v) is 4.17. The van der Waals surface area contributed by atoms with Crippen molar-refractivity contribution in [1.82, 2.24) is 0 Å². The molecule has 2 aromatic rings. The molecule has 0 bridgehead atoms. The molecule has 0 spiro atoms. The van der Waals surface area contributed by atoms with E-state index in [1.54, 1.807) is 7.11 Å². The number of hydrogen-bond acceptors (Lipinski definition) is 4. The highest BCUT2D eigenvalue weighted by atomic mass is 16.5. The number of nitrogens with zero attached hydrogens (tertiary/aromatic N) is 1. The lowest BCUT2D eigenvalue weighted by atomic mass is 10.1. The number of methoxy groups -OCH3 is 1. The highest BCUT2D eigenvalue weighted by Gasteiger charge is 2.18. The van der Waals surface area contributed by atoms with Crippen molar-refractivity contribution in [3.8, 4) is 11.5 Å². The smallest absolute Gasteiger partial charge is 0.193 e. The summed E-state index contributed by atoms with van der Waals surface area (Å²) >= 11 is 0. The Morgan fingerprint density at radius 1 is 1.31 bits per heavy atom. The molecular weight excluding hydrogens is 330 g/mol. The molecule has 138 valence electrons. The molecular formula is C20H25N3O3. The minimum atomic E-state index is 0.104. The molecule has 1 heterocycles. The van der Waals surface area contributed by atoms with Crippen LogP contribution in [-0.4, -0.2) is 32.4 Å². The molecule has 1 saturated heterocycles. The molecule has 6 heteroatoms. The van der Waals surface area contributed by atoms with E-state index in [1.807, 2.05) is 43.3 Å². The van der Waals surface area contributed by atoms with Crippen LogP contribution in [0.25, 0.3) is 0 Å². The number of hydrogen-bond donors (Lipinski definition) is 2. The van der Waals surface area contributed by atoms with Gasteiger partial charge in [-0.3, -0.25) is 0 Å². The van der Waals surface area contributed by atoms with Gasteiger partial charge >= 0.3 is 0 Å². The number of ether oxygens (including phenoxy) is 3. The van der Waals surface area contributed by atoms with E-state index >= 15 is 0 Å². The Labute approximate surface area is 154 Å². The zero-order valence-corrected chi connectivity index (χ0v) is 15.2. The quantitative estimate of drug-likeness (QED) is 0.615. The second kappa shape index (κ2) is 8.58. The third kappa shape index (κ3) is 4.89. The highest BCUT2D eigenvalue weighted by molar-refractivity contribution is 5.92. The second-order valence-corrected chi connectivity index (χ2v) is 6.27. The van der Waals surface area contributed by atoms with Crippen LogP contribution < -0.4 is 20.5 Å². The molecule has 1 atom stereocenters. The van der Waals surface area contributed by atoms with Crippen LogP contribution in [0.3, 0.4) is 0 Å². The van der Waals surface area contributed by atoms with Gasteiger partial charge in [-0.1, -0.05) is 18.2 Å². The maximum atomic E-state index is 6.10. The summed E-state index contributed by atoms with van der Waals surface area (Å²) in [5.74, 6) is 1.95. The molecule has 1 fully saturated rings. The lowest BCUT2D eigenvalue weighted by Crippen LogP contribution is -2.22. The zero-order valence-electron chi connectivity index (χ0n) is 15.2. The van der Waals surface area contributed by atoms with Crippen molar-refractivity contribution >= 4 is 11.6 Å². The number of benzene rings is 2. The normalized spacial score (nSPS) is 17.2. The van der Waals surface area contributed by atoms with Gasteiger partial charge in [-0.05, 0) is 30.7 Å². The van der Waals surface area contributed by atoms with Crippen LogP contribution in [0.2, 0.25) is 0 Å². The van der Waals surface area contributed by atoms with Crippen molar-refractivity contribution in [2.24, 2.45) is 10.7 Å². The van der Waals surface area contributed by atoms with Crippen LogP contribution in [0.4, 0.5) is 5.69 Å². The van der Waals surface area contributed by atoms with Crippen LogP contribution >= 0.6 is 0 Å². The fourth-order valence-electron chi connectivity index (χ4n) is 2.75. The van der Waals surface area contributed by atoms with Crippen molar-refractivity contribution in [3.63, 3.8) is 0 Å². The standard InChI is InChI=1S/C20H25N3O3/c1-14-6-7-15(19(10-14)26-18-8-9-25-13-18)12-22-20(21)23-16-4-3-5-17(11-16)24-2/h3-7,10-11,18H,8-9,12-13H2,1-2H3,(H3,21,22,23). The highest BCUT2D eigenvalue weighted by Crippen LogP contribution is 2.24. The van der Waals surface area contributed by atoms with Crippen molar-refractivity contribution in [2.45, 2.75) is 26.0 Å². The molecule has 3 N–H and O–H groups in total. The Balaban J connectivity index is 1.68. The predicted molar refractivity (Wildman–Crippen MR) is 103 cm³/mol. The lowest BCUT2D eigenvalue weighted by molar-refractivity contribution is 0.140. The van der Waals surface area contributed by atoms with E-state index in [0.717, 1.165) is 41.3 Å². The van der Waals surface area contributed by atoms with Gasteiger partial charge in [-0.2, -0.15) is 0 Å². The van der Waals surface area contributed by atoms with E-state index in [0.29, 0.717) is 19.1 Å². The number of anilines is 1. The number of nitrogens with one attached hydrogen (secondary N) is 1. The molecule has 2 aromatic carbocycles. The molecule has 0 aliphatic carbocycles. The molecule has 3 rings (SSSR count). The summed E-state index contributed by atoms with van der Waals surface area (Å²) in [4.78, 5) is 4.44. The number of nitrogens with two attached hydrogens (primary N) is 1. The third-order valence-electron chi connectivity index (χ3n) is 4.17. The Hall–Kier alpha value is -2.73. The maximum absolute atomic E-state index is 6.10. The van der Waals surface area contributed by atoms with Gasteiger partial charge in [0.1, 0.15) is 17.6 Å². The first-order valence-electron chi connectivity index (χ1n) is 8.69. The fraction of sp³-hybridized carbons (Fsp3) is 0.350. The van der Waals surface area contributed by atoms with Gasteiger partial charge in [0.2, 0.25) is 0 Å². The molecule has 1 aliphatic heterocycles. The molecule has 0 aromatic heterocycles. The van der Waals surface area contributed by atoms with Gasteiger partial charge < -0.3 is 25.3 Å². The average molecular weight is 355 g/mol. The van der Waals surface area contributed by atoms with Crippen LogP contribution in [-0.2, 0) is 11.3 Å². The van der Waals surface area contributed by atoms with Crippen LogP contribution in [0.15, 0.2) is 47.5 Å². The monoisotopic (exact) mass is 355 g/mol. The van der Waals surface area contributed by atoms with E-state index in [4.69, 9.17) is 19.9 Å². The fourth-order valence-corrected chi connectivity index (χ4v) is 2.75. The molecule has 0 saturated carbocycles. The molecule has 6 nitrogen and oxygen atoms in total. The first-order valence-corrected chi connectivity index (χ1v) is 8.69. The minimum Gasteiger partial charge on any atom is -0.497 e. The van der Waals surface area contributed by atoms with Crippen molar-refractivity contribution < 1.29 is 14.2 Å². The van der Waals surface area contributed by atoms with Crippen molar-refractivity contribution in [2.75, 3.05) is 25.6 Å². The summed E-state index contributed by atoms with van der Waals surface area (Å²) in [6.45, 7) is 3.87. The Morgan fingerprint density at radius 3 is 2.96 bits per heavy atom. The van der Waals surface area contributed by atoms with E-state index in [9.17, 15) is 0 Å². The van der Waals surface area contributed by atoms with Crippen molar-refractivity contribution in [3.05, 3.63) is 53.6 Å². The lowest BCUT2D eigenvalue weighted by Gasteiger charge is -2.16. The van der Waals surface area contributed by atoms with Gasteiger partial charge in [0, 0.05) is 23.7 Å². The number of rotatable bonds is 6. The van der Waals surface area contributed by atoms with Crippen molar-refractivity contribution in [1.29, 1.82) is 0 Å². The van der Waals surface area contributed by atoms with Crippen LogP contribution in [0.5, 0.6) is 11.5 Å². The second-order valence-electron chi connectivity index (χ2n) is 6.27. The Morgan fingerprint density at radius 2 is 2.19 bits per heavy atom. The molecule has 0 radical (unpaired) electrons. The maximum Gasteiger partial charge on any atom is 0.193 e. The predicted octanol–water partition coefficient (Wildman–Crippen LogP) is 3.10. The summed E-state index contributed by atoms with van der Waals surface area (Å²) in [6, 6.07) is 13.7. The van der Waals surface area contributed by atoms with Crippen LogP contribution in [0.1, 0.15) is 17.5 Å². The first-order chi connectivity index (χ1) is 12.6. The van der Waals surface area contributed by atoms with E-state index in [2.05, 4.69) is 16.4 Å². The summed E-state index contributed by atoms with van der Waals surface area (Å²) in [6.07, 6.45) is 1.02. The summed E-state index contributed by atoms with van der Waals surface area (Å²) in [5, 5.41) is 3.08. The summed E-state index contributed by atoms with van der Waals surface area (Å²) in [5.41, 5.74) is 9.00. The van der Waals surface area contributed by atoms with E-state index < -0.39 is 0 Å². The van der Waals surface area contributed by atoms with Gasteiger partial charge in [0.05, 0.1) is 26.9 Å². The Kier molecular flexibility index (Phi) is 5.96. The molecule has 26 heavy (non-hydrogen) atoms. The minimum absolute atomic E-state index is 0.104. The van der Waals surface area contributed by atoms with Gasteiger partial charge in [-0.15, -0.1) is 0 Å². The number of aryl methyl sites for hydroxylation is 1. The number of aliphatic imine (C=N–C) groups is 1. The zero-order chi connectivity index (χ0) is 18.4. The largest absolute Gasteiger partial charge is 0.497 e. The van der Waals surface area contributed by atoms with Gasteiger partial charge in [0.25, 0.3) is 0 Å². The van der Waals surface area contributed by atoms with Crippen LogP contribution in [0, 0.1) is 6.92 Å². The SMILES string of the molecule is COc1cccc(NC(N)=NCc2ccc(C)cc2OC2CCOC2)c1. The molecule has 1 aliphatic rings. The van der Waals surface area contributed by atoms with Gasteiger partial charge in [0.15, 0.2) is 5.96 Å². The average Bonchev–Trinajstić information content (AvgIpc) is 3.14. The number of guanidine groups is 1. The topological polar surface area (TPSA) is 78.1 Å². The summed E-state index contributed by atoms with van der Waals surface area (Å²) in [7, 11) is 1.63. The van der Waals surface area contributed by atoms with E-state index in [1.165, 1.54) is 0 Å². The summed E-state index contributed by atoms with van der Waals surface area (Å²) < 4.78 is 16.7. The Bertz CT molecular complexity index is 771. The molecule has 0 amide bonds. The van der Waals surface area contributed by atoms with E-state index in [-0.39, 0.29) is 6.10 Å². The van der Waals surface area contributed by atoms with Gasteiger partial charge in [-0.25, -0.2) is 4.99 Å². The first kappa shape index (κ1) is 18.1.